The lowest BCUT2D eigenvalue weighted by molar-refractivity contribution is 0.304. The normalized spacial score (nSPS) is 10.2. The molecule has 1 aromatic carbocycles. The number of ether oxygens (including phenoxy) is 1. The molecule has 0 atom stereocenters. The zero-order valence-corrected chi connectivity index (χ0v) is 11.1. The van der Waals surface area contributed by atoms with Crippen LogP contribution in [0.5, 0.6) is 5.75 Å². The summed E-state index contributed by atoms with van der Waals surface area (Å²) in [5, 5.41) is 0. The number of hydrogen-bond acceptors (Lipinski definition) is 3. The molecular formula is C13H13BrN2O. The van der Waals surface area contributed by atoms with Gasteiger partial charge in [-0.2, -0.15) is 0 Å². The van der Waals surface area contributed by atoms with Crippen LogP contribution >= 0.6 is 15.9 Å². The highest BCUT2D eigenvalue weighted by atomic mass is 79.9. The maximum absolute atomic E-state index is 5.74. The summed E-state index contributed by atoms with van der Waals surface area (Å²) in [7, 11) is 0. The van der Waals surface area contributed by atoms with Crippen LogP contribution in [-0.4, -0.2) is 4.98 Å². The van der Waals surface area contributed by atoms with Crippen molar-refractivity contribution < 1.29 is 4.74 Å². The molecule has 0 unspecified atom stereocenters. The van der Waals surface area contributed by atoms with E-state index in [0.29, 0.717) is 12.4 Å². The summed E-state index contributed by atoms with van der Waals surface area (Å²) in [6.45, 7) is 2.45. The average molecular weight is 293 g/mol. The van der Waals surface area contributed by atoms with Gasteiger partial charge in [0, 0.05) is 11.8 Å². The SMILES string of the molecule is Cc1ccc(OCc2cccnc2N)c(Br)c1. The van der Waals surface area contributed by atoms with E-state index in [1.54, 1.807) is 6.20 Å². The molecule has 1 aromatic heterocycles. The Bertz CT molecular complexity index is 529. The number of halogens is 1. The summed E-state index contributed by atoms with van der Waals surface area (Å²) in [5.41, 5.74) is 7.82. The van der Waals surface area contributed by atoms with Crippen molar-refractivity contribution in [3.05, 3.63) is 52.1 Å². The Morgan fingerprint density at radius 2 is 2.18 bits per heavy atom. The largest absolute Gasteiger partial charge is 0.488 e. The molecule has 2 N–H and O–H groups in total. The standard InChI is InChI=1S/C13H13BrN2O/c1-9-4-5-12(11(14)7-9)17-8-10-3-2-6-16-13(10)15/h2-7H,8H2,1H3,(H2,15,16). The molecule has 1 heterocycles. The van der Waals surface area contributed by atoms with Gasteiger partial charge in [0.2, 0.25) is 0 Å². The van der Waals surface area contributed by atoms with Crippen LogP contribution in [0.2, 0.25) is 0 Å². The first kappa shape index (κ1) is 11.9. The van der Waals surface area contributed by atoms with Crippen LogP contribution in [0.4, 0.5) is 5.82 Å². The average Bonchev–Trinajstić information content (AvgIpc) is 2.30. The van der Waals surface area contributed by atoms with Gasteiger partial charge >= 0.3 is 0 Å². The Labute approximate surface area is 109 Å². The summed E-state index contributed by atoms with van der Waals surface area (Å²) in [6.07, 6.45) is 1.67. The highest BCUT2D eigenvalue weighted by molar-refractivity contribution is 9.10. The molecule has 88 valence electrons. The third kappa shape index (κ3) is 2.97. The van der Waals surface area contributed by atoms with E-state index in [2.05, 4.69) is 20.9 Å². The molecule has 0 amide bonds. The fourth-order valence-electron chi connectivity index (χ4n) is 1.45. The number of nitrogens with zero attached hydrogens (tertiary/aromatic N) is 1. The number of aromatic nitrogens is 1. The molecule has 0 bridgehead atoms. The maximum atomic E-state index is 5.74. The predicted molar refractivity (Wildman–Crippen MR) is 71.9 cm³/mol. The third-order valence-electron chi connectivity index (χ3n) is 2.40. The Kier molecular flexibility index (Phi) is 3.64. The van der Waals surface area contributed by atoms with Gasteiger partial charge < -0.3 is 10.5 Å². The first-order valence-corrected chi connectivity index (χ1v) is 6.04. The number of aryl methyl sites for hydroxylation is 1. The number of benzene rings is 1. The van der Waals surface area contributed by atoms with Gasteiger partial charge in [0.05, 0.1) is 4.47 Å². The van der Waals surface area contributed by atoms with Crippen LogP contribution in [0, 0.1) is 6.92 Å². The Balaban J connectivity index is 2.10. The molecule has 0 fully saturated rings. The topological polar surface area (TPSA) is 48.1 Å². The zero-order chi connectivity index (χ0) is 12.3. The molecule has 0 aliphatic carbocycles. The molecule has 0 aliphatic heterocycles. The minimum atomic E-state index is 0.418. The number of pyridine rings is 1. The fourth-order valence-corrected chi connectivity index (χ4v) is 2.06. The highest BCUT2D eigenvalue weighted by Crippen LogP contribution is 2.26. The summed E-state index contributed by atoms with van der Waals surface area (Å²) < 4.78 is 6.64. The van der Waals surface area contributed by atoms with E-state index in [4.69, 9.17) is 10.5 Å². The van der Waals surface area contributed by atoms with Crippen LogP contribution in [0.3, 0.4) is 0 Å². The second kappa shape index (κ2) is 5.19. The second-order valence-corrected chi connectivity index (χ2v) is 4.62. The number of anilines is 1. The highest BCUT2D eigenvalue weighted by Gasteiger charge is 2.03. The van der Waals surface area contributed by atoms with Crippen LogP contribution in [0.25, 0.3) is 0 Å². The lowest BCUT2D eigenvalue weighted by Gasteiger charge is -2.09. The zero-order valence-electron chi connectivity index (χ0n) is 9.48. The van der Waals surface area contributed by atoms with Crippen molar-refractivity contribution >= 4 is 21.7 Å². The summed E-state index contributed by atoms with van der Waals surface area (Å²) in [6, 6.07) is 9.71. The molecule has 17 heavy (non-hydrogen) atoms. The van der Waals surface area contributed by atoms with Gasteiger partial charge in [-0.3, -0.25) is 0 Å². The molecule has 0 spiro atoms. The van der Waals surface area contributed by atoms with Crippen molar-refractivity contribution in [3.63, 3.8) is 0 Å². The van der Waals surface area contributed by atoms with Gasteiger partial charge in [-0.25, -0.2) is 4.98 Å². The fraction of sp³-hybridized carbons (Fsp3) is 0.154. The molecule has 3 nitrogen and oxygen atoms in total. The van der Waals surface area contributed by atoms with Crippen LogP contribution in [-0.2, 0) is 6.61 Å². The lowest BCUT2D eigenvalue weighted by atomic mass is 10.2. The minimum absolute atomic E-state index is 0.418. The number of rotatable bonds is 3. The van der Waals surface area contributed by atoms with Gasteiger partial charge in [-0.1, -0.05) is 12.1 Å². The molecule has 2 rings (SSSR count). The van der Waals surface area contributed by atoms with Crippen molar-refractivity contribution in [2.45, 2.75) is 13.5 Å². The van der Waals surface area contributed by atoms with Gasteiger partial charge in [-0.05, 0) is 46.6 Å². The third-order valence-corrected chi connectivity index (χ3v) is 3.02. The van der Waals surface area contributed by atoms with E-state index in [0.717, 1.165) is 15.8 Å². The number of hydrogen-bond donors (Lipinski definition) is 1. The first-order valence-electron chi connectivity index (χ1n) is 5.25. The van der Waals surface area contributed by atoms with Crippen molar-refractivity contribution in [3.8, 4) is 5.75 Å². The van der Waals surface area contributed by atoms with E-state index in [1.807, 2.05) is 37.3 Å². The predicted octanol–water partition coefficient (Wildman–Crippen LogP) is 3.31. The van der Waals surface area contributed by atoms with Gasteiger partial charge in [0.25, 0.3) is 0 Å². The molecule has 4 heteroatoms. The van der Waals surface area contributed by atoms with Crippen LogP contribution in [0.15, 0.2) is 41.0 Å². The molecule has 0 radical (unpaired) electrons. The molecule has 0 saturated heterocycles. The second-order valence-electron chi connectivity index (χ2n) is 3.77. The summed E-state index contributed by atoms with van der Waals surface area (Å²) >= 11 is 3.47. The smallest absolute Gasteiger partial charge is 0.134 e. The maximum Gasteiger partial charge on any atom is 0.134 e. The Hall–Kier alpha value is -1.55. The van der Waals surface area contributed by atoms with E-state index >= 15 is 0 Å². The van der Waals surface area contributed by atoms with Crippen LogP contribution in [0.1, 0.15) is 11.1 Å². The van der Waals surface area contributed by atoms with Gasteiger partial charge in [0.1, 0.15) is 18.2 Å². The van der Waals surface area contributed by atoms with Crippen molar-refractivity contribution in [1.29, 1.82) is 0 Å². The van der Waals surface area contributed by atoms with Crippen molar-refractivity contribution in [2.75, 3.05) is 5.73 Å². The number of nitrogen functional groups attached to an aromatic ring is 1. The molecule has 0 saturated carbocycles. The number of nitrogens with two attached hydrogens (primary N) is 1. The van der Waals surface area contributed by atoms with E-state index in [1.165, 1.54) is 5.56 Å². The monoisotopic (exact) mass is 292 g/mol. The molecular weight excluding hydrogens is 280 g/mol. The van der Waals surface area contributed by atoms with Gasteiger partial charge in [-0.15, -0.1) is 0 Å². The van der Waals surface area contributed by atoms with E-state index in [9.17, 15) is 0 Å². The van der Waals surface area contributed by atoms with Crippen molar-refractivity contribution in [1.82, 2.24) is 4.98 Å². The van der Waals surface area contributed by atoms with Gasteiger partial charge in [0.15, 0.2) is 0 Å². The molecule has 2 aromatic rings. The quantitative estimate of drug-likeness (QED) is 0.944. The summed E-state index contributed by atoms with van der Waals surface area (Å²) in [5.74, 6) is 1.31. The molecule has 0 aliphatic rings. The van der Waals surface area contributed by atoms with E-state index in [-0.39, 0.29) is 0 Å². The lowest BCUT2D eigenvalue weighted by Crippen LogP contribution is -2.02. The summed E-state index contributed by atoms with van der Waals surface area (Å²) in [4.78, 5) is 4.01. The first-order chi connectivity index (χ1) is 8.16. The Morgan fingerprint density at radius 3 is 2.88 bits per heavy atom. The van der Waals surface area contributed by atoms with Crippen molar-refractivity contribution in [2.24, 2.45) is 0 Å². The Morgan fingerprint density at radius 1 is 1.35 bits per heavy atom. The van der Waals surface area contributed by atoms with E-state index < -0.39 is 0 Å². The minimum Gasteiger partial charge on any atom is -0.488 e. The van der Waals surface area contributed by atoms with Crippen LogP contribution < -0.4 is 10.5 Å².